The molecule has 2 N–H and O–H groups in total. The first-order valence-electron chi connectivity index (χ1n) is 6.52. The van der Waals surface area contributed by atoms with Crippen LogP contribution in [0.5, 0.6) is 0 Å². The molecule has 0 bridgehead atoms. The van der Waals surface area contributed by atoms with Crippen molar-refractivity contribution in [3.05, 3.63) is 5.82 Å². The summed E-state index contributed by atoms with van der Waals surface area (Å²) in [6.45, 7) is 0. The van der Waals surface area contributed by atoms with Gasteiger partial charge in [-0.25, -0.2) is 4.98 Å². The number of nitrogens with one attached hydrogen (secondary N) is 2. The summed E-state index contributed by atoms with van der Waals surface area (Å²) < 4.78 is 0. The minimum atomic E-state index is -0.00249. The van der Waals surface area contributed by atoms with Gasteiger partial charge in [-0.15, -0.1) is 5.10 Å². The molecule has 0 atom stereocenters. The van der Waals surface area contributed by atoms with Crippen molar-refractivity contribution in [3.63, 3.8) is 0 Å². The van der Waals surface area contributed by atoms with Gasteiger partial charge in [-0.1, -0.05) is 37.4 Å². The molecule has 100 valence electrons. The van der Waals surface area contributed by atoms with E-state index in [-0.39, 0.29) is 5.91 Å². The molecule has 1 aromatic rings. The van der Waals surface area contributed by atoms with E-state index < -0.39 is 0 Å². The Morgan fingerprint density at radius 3 is 3.00 bits per heavy atom. The molecule has 0 spiro atoms. The highest BCUT2D eigenvalue weighted by molar-refractivity contribution is 7.99. The third-order valence-corrected chi connectivity index (χ3v) is 4.23. The number of hydrogen-bond acceptors (Lipinski definition) is 4. The van der Waals surface area contributed by atoms with Crippen LogP contribution in [0, 0.1) is 5.92 Å². The van der Waals surface area contributed by atoms with Gasteiger partial charge in [0.15, 0.2) is 0 Å². The number of aromatic amines is 1. The van der Waals surface area contributed by atoms with E-state index in [0.29, 0.717) is 10.9 Å². The average molecular weight is 268 g/mol. The van der Waals surface area contributed by atoms with Gasteiger partial charge in [-0.2, -0.15) is 0 Å². The lowest BCUT2D eigenvalue weighted by molar-refractivity contribution is -0.118. The van der Waals surface area contributed by atoms with Gasteiger partial charge in [0.2, 0.25) is 11.1 Å². The maximum atomic E-state index is 11.1. The number of carbonyl (C=O) groups is 1. The molecule has 1 amide bonds. The molecule has 18 heavy (non-hydrogen) atoms. The van der Waals surface area contributed by atoms with Gasteiger partial charge < -0.3 is 5.32 Å². The highest BCUT2D eigenvalue weighted by atomic mass is 32.2. The number of rotatable bonds is 6. The van der Waals surface area contributed by atoms with E-state index in [0.717, 1.165) is 18.2 Å². The van der Waals surface area contributed by atoms with Crippen LogP contribution >= 0.6 is 11.8 Å². The molecule has 0 unspecified atom stereocenters. The maximum Gasteiger partial charge on any atom is 0.230 e. The van der Waals surface area contributed by atoms with Gasteiger partial charge in [0.1, 0.15) is 5.82 Å². The fourth-order valence-electron chi connectivity index (χ4n) is 2.30. The molecule has 0 saturated heterocycles. The predicted molar refractivity (Wildman–Crippen MR) is 71.5 cm³/mol. The summed E-state index contributed by atoms with van der Waals surface area (Å²) in [4.78, 5) is 15.5. The number of hydrogen-bond donors (Lipinski definition) is 2. The summed E-state index contributed by atoms with van der Waals surface area (Å²) in [5.74, 6) is 2.19. The molecule has 6 heteroatoms. The summed E-state index contributed by atoms with van der Waals surface area (Å²) in [5, 5.41) is 10.3. The van der Waals surface area contributed by atoms with Crippen LogP contribution in [0.4, 0.5) is 0 Å². The van der Waals surface area contributed by atoms with Crippen LogP contribution in [0.15, 0.2) is 5.16 Å². The van der Waals surface area contributed by atoms with Crippen molar-refractivity contribution in [1.29, 1.82) is 0 Å². The van der Waals surface area contributed by atoms with Crippen molar-refractivity contribution in [2.75, 3.05) is 12.8 Å². The zero-order chi connectivity index (χ0) is 12.8. The lowest BCUT2D eigenvalue weighted by atomic mass is 10.0. The predicted octanol–water partition coefficient (Wildman–Crippen LogP) is 1.77. The largest absolute Gasteiger partial charge is 0.358 e. The van der Waals surface area contributed by atoms with Crippen LogP contribution in [0.25, 0.3) is 0 Å². The third kappa shape index (κ3) is 4.01. The number of H-pyrrole nitrogens is 1. The van der Waals surface area contributed by atoms with Crippen LogP contribution in [-0.4, -0.2) is 33.9 Å². The summed E-state index contributed by atoms with van der Waals surface area (Å²) >= 11 is 1.37. The first-order valence-corrected chi connectivity index (χ1v) is 7.51. The number of aromatic nitrogens is 3. The molecule has 0 aromatic carbocycles. The monoisotopic (exact) mass is 268 g/mol. The van der Waals surface area contributed by atoms with Crippen molar-refractivity contribution in [3.8, 4) is 0 Å². The van der Waals surface area contributed by atoms with Crippen molar-refractivity contribution in [2.24, 2.45) is 5.92 Å². The van der Waals surface area contributed by atoms with Crippen molar-refractivity contribution in [1.82, 2.24) is 20.5 Å². The van der Waals surface area contributed by atoms with E-state index in [4.69, 9.17) is 0 Å². The number of carbonyl (C=O) groups excluding carboxylic acids is 1. The lowest BCUT2D eigenvalue weighted by Gasteiger charge is -2.05. The first-order chi connectivity index (χ1) is 8.78. The van der Waals surface area contributed by atoms with Crippen LogP contribution in [-0.2, 0) is 11.2 Å². The third-order valence-electron chi connectivity index (χ3n) is 3.39. The Balaban J connectivity index is 1.73. The van der Waals surface area contributed by atoms with E-state index in [1.54, 1.807) is 7.05 Å². The van der Waals surface area contributed by atoms with Crippen molar-refractivity contribution >= 4 is 17.7 Å². The normalized spacial score (nSPS) is 16.1. The summed E-state index contributed by atoms with van der Waals surface area (Å²) in [7, 11) is 1.63. The molecule has 2 rings (SSSR count). The molecule has 1 saturated carbocycles. The quantitative estimate of drug-likeness (QED) is 0.771. The van der Waals surface area contributed by atoms with Crippen LogP contribution < -0.4 is 5.32 Å². The number of amides is 1. The van der Waals surface area contributed by atoms with Crippen LogP contribution in [0.1, 0.15) is 37.9 Å². The molecule has 0 aliphatic heterocycles. The minimum Gasteiger partial charge on any atom is -0.358 e. The molecule has 5 nitrogen and oxygen atoms in total. The Labute approximate surface area is 112 Å². The van der Waals surface area contributed by atoms with Gasteiger partial charge in [0.25, 0.3) is 0 Å². The fraction of sp³-hybridized carbons (Fsp3) is 0.750. The standard InChI is InChI=1S/C12H20N4OS/c1-13-11(17)8-18-12-14-10(15-16-12)7-6-9-4-2-3-5-9/h9H,2-8H2,1H3,(H,13,17)(H,14,15,16). The highest BCUT2D eigenvalue weighted by Gasteiger charge is 2.15. The number of nitrogens with zero attached hydrogens (tertiary/aromatic N) is 2. The Kier molecular flexibility index (Phi) is 5.04. The number of aryl methyl sites for hydroxylation is 1. The molecular formula is C12H20N4OS. The topological polar surface area (TPSA) is 70.7 Å². The molecular weight excluding hydrogens is 248 g/mol. The Morgan fingerprint density at radius 1 is 1.50 bits per heavy atom. The minimum absolute atomic E-state index is 0.00249. The summed E-state index contributed by atoms with van der Waals surface area (Å²) in [6.07, 6.45) is 7.67. The van der Waals surface area contributed by atoms with Gasteiger partial charge in [0.05, 0.1) is 5.75 Å². The molecule has 1 heterocycles. The zero-order valence-corrected chi connectivity index (χ0v) is 11.6. The Bertz CT molecular complexity index is 387. The smallest absolute Gasteiger partial charge is 0.230 e. The average Bonchev–Trinajstić information content (AvgIpc) is 3.04. The molecule has 0 radical (unpaired) electrons. The molecule has 1 aromatic heterocycles. The lowest BCUT2D eigenvalue weighted by Crippen LogP contribution is -2.19. The van der Waals surface area contributed by atoms with Crippen LogP contribution in [0.3, 0.4) is 0 Å². The Hall–Kier alpha value is -1.04. The molecule has 1 fully saturated rings. The second-order valence-electron chi connectivity index (χ2n) is 4.72. The first kappa shape index (κ1) is 13.4. The van der Waals surface area contributed by atoms with Crippen molar-refractivity contribution in [2.45, 2.75) is 43.7 Å². The van der Waals surface area contributed by atoms with E-state index >= 15 is 0 Å². The maximum absolute atomic E-state index is 11.1. The van der Waals surface area contributed by atoms with Crippen LogP contribution in [0.2, 0.25) is 0 Å². The van der Waals surface area contributed by atoms with Gasteiger partial charge in [0, 0.05) is 13.5 Å². The van der Waals surface area contributed by atoms with Gasteiger partial charge >= 0.3 is 0 Å². The van der Waals surface area contributed by atoms with E-state index in [1.165, 1.54) is 43.9 Å². The van der Waals surface area contributed by atoms with E-state index in [1.807, 2.05) is 0 Å². The fourth-order valence-corrected chi connectivity index (χ4v) is 2.99. The van der Waals surface area contributed by atoms with E-state index in [2.05, 4.69) is 20.5 Å². The highest BCUT2D eigenvalue weighted by Crippen LogP contribution is 2.28. The SMILES string of the molecule is CNC(=O)CSc1n[nH]c(CCC2CCCC2)n1. The second kappa shape index (κ2) is 6.78. The Morgan fingerprint density at radius 2 is 2.28 bits per heavy atom. The van der Waals surface area contributed by atoms with Gasteiger partial charge in [-0.3, -0.25) is 9.89 Å². The molecule has 1 aliphatic carbocycles. The van der Waals surface area contributed by atoms with Gasteiger partial charge in [-0.05, 0) is 12.3 Å². The molecule has 1 aliphatic rings. The summed E-state index contributed by atoms with van der Waals surface area (Å²) in [6, 6.07) is 0. The number of thioether (sulfide) groups is 1. The second-order valence-corrected chi connectivity index (χ2v) is 5.66. The van der Waals surface area contributed by atoms with Crippen molar-refractivity contribution < 1.29 is 4.79 Å². The summed E-state index contributed by atoms with van der Waals surface area (Å²) in [5.41, 5.74) is 0. The zero-order valence-electron chi connectivity index (χ0n) is 10.7. The van der Waals surface area contributed by atoms with E-state index in [9.17, 15) is 4.79 Å².